The largest absolute Gasteiger partial charge is 0.490 e. The molecule has 7 nitrogen and oxygen atoms in total. The van der Waals surface area contributed by atoms with Crippen LogP contribution in [0.2, 0.25) is 0 Å². The van der Waals surface area contributed by atoms with E-state index in [9.17, 15) is 22.8 Å². The second-order valence-electron chi connectivity index (χ2n) is 7.34. The van der Waals surface area contributed by atoms with E-state index in [1.54, 1.807) is 0 Å². The maximum atomic E-state index is 12.5. The molecule has 33 heavy (non-hydrogen) atoms. The zero-order valence-electron chi connectivity index (χ0n) is 17.7. The standard InChI is InChI=1S/C21H24N2O3.C2HF3O2/c24-19(26-15-17-9-5-2-6-10-17)13-18-11-12-22-20(18)21(25)23-14-16-7-3-1-4-8-16;3-2(4,5)1(6)7/h1-10,18,20,22H,11-15H2,(H,23,25);(H,6,7)/t18-,20-;/m1./s1. The maximum Gasteiger partial charge on any atom is 0.490 e. The molecule has 178 valence electrons. The molecule has 0 spiro atoms. The van der Waals surface area contributed by atoms with E-state index in [1.165, 1.54) is 0 Å². The van der Waals surface area contributed by atoms with Crippen molar-refractivity contribution >= 4 is 17.8 Å². The molecule has 1 heterocycles. The molecule has 1 fully saturated rings. The second-order valence-corrected chi connectivity index (χ2v) is 7.34. The van der Waals surface area contributed by atoms with Crippen LogP contribution in [-0.2, 0) is 32.3 Å². The normalized spacial score (nSPS) is 17.4. The predicted molar refractivity (Wildman–Crippen MR) is 113 cm³/mol. The van der Waals surface area contributed by atoms with Crippen molar-refractivity contribution in [3.63, 3.8) is 0 Å². The van der Waals surface area contributed by atoms with E-state index in [1.807, 2.05) is 60.7 Å². The molecule has 3 rings (SSSR count). The van der Waals surface area contributed by atoms with Crippen molar-refractivity contribution in [3.8, 4) is 0 Å². The molecule has 2 aromatic rings. The number of halogens is 3. The molecule has 0 saturated carbocycles. The Balaban J connectivity index is 0.000000479. The first kappa shape index (κ1) is 25.9. The minimum Gasteiger partial charge on any atom is -0.475 e. The minimum atomic E-state index is -5.08. The molecule has 0 radical (unpaired) electrons. The van der Waals surface area contributed by atoms with Gasteiger partial charge in [-0.15, -0.1) is 0 Å². The Morgan fingerprint density at radius 1 is 1.00 bits per heavy atom. The number of ether oxygens (including phenoxy) is 1. The highest BCUT2D eigenvalue weighted by Gasteiger charge is 2.38. The van der Waals surface area contributed by atoms with Crippen LogP contribution in [0.1, 0.15) is 24.0 Å². The van der Waals surface area contributed by atoms with Crippen LogP contribution in [-0.4, -0.2) is 41.7 Å². The number of hydrogen-bond donors (Lipinski definition) is 3. The number of amides is 1. The second kappa shape index (κ2) is 12.6. The molecule has 0 aromatic heterocycles. The summed E-state index contributed by atoms with van der Waals surface area (Å²) in [7, 11) is 0. The Bertz CT molecular complexity index is 907. The monoisotopic (exact) mass is 466 g/mol. The molecule has 3 N–H and O–H groups in total. The minimum absolute atomic E-state index is 0.0333. The Kier molecular flexibility index (Phi) is 9.86. The van der Waals surface area contributed by atoms with E-state index in [0.29, 0.717) is 6.54 Å². The van der Waals surface area contributed by atoms with Gasteiger partial charge < -0.3 is 20.5 Å². The number of esters is 1. The number of nitrogens with one attached hydrogen (secondary N) is 2. The summed E-state index contributed by atoms with van der Waals surface area (Å²) in [6.45, 7) is 1.49. The van der Waals surface area contributed by atoms with Gasteiger partial charge in [-0.2, -0.15) is 13.2 Å². The quantitative estimate of drug-likeness (QED) is 0.542. The fraction of sp³-hybridized carbons (Fsp3) is 0.348. The van der Waals surface area contributed by atoms with Crippen LogP contribution in [0, 0.1) is 5.92 Å². The van der Waals surface area contributed by atoms with E-state index >= 15 is 0 Å². The predicted octanol–water partition coefficient (Wildman–Crippen LogP) is 3.05. The van der Waals surface area contributed by atoms with Crippen LogP contribution in [0.25, 0.3) is 0 Å². The Hall–Kier alpha value is -3.40. The first-order chi connectivity index (χ1) is 15.7. The third-order valence-corrected chi connectivity index (χ3v) is 4.86. The fourth-order valence-corrected chi connectivity index (χ4v) is 3.19. The molecular weight excluding hydrogens is 441 g/mol. The molecule has 1 saturated heterocycles. The summed E-state index contributed by atoms with van der Waals surface area (Å²) in [6, 6.07) is 19.0. The highest BCUT2D eigenvalue weighted by molar-refractivity contribution is 5.83. The van der Waals surface area contributed by atoms with Crippen molar-refractivity contribution in [1.29, 1.82) is 0 Å². The van der Waals surface area contributed by atoms with E-state index in [2.05, 4.69) is 10.6 Å². The summed E-state index contributed by atoms with van der Waals surface area (Å²) in [5.41, 5.74) is 2.01. The smallest absolute Gasteiger partial charge is 0.475 e. The van der Waals surface area contributed by atoms with Gasteiger partial charge in [0, 0.05) is 6.54 Å². The van der Waals surface area contributed by atoms with Crippen LogP contribution in [0.5, 0.6) is 0 Å². The first-order valence-corrected chi connectivity index (χ1v) is 10.2. The number of carbonyl (C=O) groups is 3. The van der Waals surface area contributed by atoms with Gasteiger partial charge in [0.25, 0.3) is 0 Å². The number of benzene rings is 2. The number of rotatable bonds is 7. The van der Waals surface area contributed by atoms with Crippen LogP contribution in [0.15, 0.2) is 60.7 Å². The summed E-state index contributed by atoms with van der Waals surface area (Å²) in [5.74, 6) is -3.11. The van der Waals surface area contributed by atoms with E-state index in [-0.39, 0.29) is 36.9 Å². The lowest BCUT2D eigenvalue weighted by Crippen LogP contribution is -2.44. The summed E-state index contributed by atoms with van der Waals surface area (Å²) >= 11 is 0. The van der Waals surface area contributed by atoms with Crippen molar-refractivity contribution < 1.29 is 37.4 Å². The Labute approximate surface area is 188 Å². The fourth-order valence-electron chi connectivity index (χ4n) is 3.19. The third kappa shape index (κ3) is 9.32. The third-order valence-electron chi connectivity index (χ3n) is 4.86. The average Bonchev–Trinajstić information content (AvgIpc) is 3.25. The van der Waals surface area contributed by atoms with Gasteiger partial charge >= 0.3 is 18.1 Å². The summed E-state index contributed by atoms with van der Waals surface area (Å²) < 4.78 is 37.1. The van der Waals surface area contributed by atoms with Gasteiger partial charge in [-0.3, -0.25) is 9.59 Å². The van der Waals surface area contributed by atoms with Crippen molar-refractivity contribution in [1.82, 2.24) is 10.6 Å². The van der Waals surface area contributed by atoms with E-state index in [4.69, 9.17) is 14.6 Å². The number of carboxylic acids is 1. The van der Waals surface area contributed by atoms with Crippen molar-refractivity contribution in [2.24, 2.45) is 5.92 Å². The Morgan fingerprint density at radius 2 is 1.55 bits per heavy atom. The molecular formula is C23H25F3N2O5. The highest BCUT2D eigenvalue weighted by atomic mass is 19.4. The molecule has 0 aliphatic carbocycles. The Morgan fingerprint density at radius 3 is 2.09 bits per heavy atom. The van der Waals surface area contributed by atoms with Gasteiger partial charge in [-0.25, -0.2) is 4.79 Å². The van der Waals surface area contributed by atoms with Crippen LogP contribution >= 0.6 is 0 Å². The molecule has 2 aromatic carbocycles. The summed E-state index contributed by atoms with van der Waals surface area (Å²) in [6.07, 6.45) is -4.03. The van der Waals surface area contributed by atoms with Gasteiger partial charge in [0.1, 0.15) is 6.61 Å². The molecule has 0 unspecified atom stereocenters. The number of aliphatic carboxylic acids is 1. The van der Waals surface area contributed by atoms with Crippen molar-refractivity contribution in [2.75, 3.05) is 6.54 Å². The number of carboxylic acid groups (broad SMARTS) is 1. The first-order valence-electron chi connectivity index (χ1n) is 10.2. The lowest BCUT2D eigenvalue weighted by molar-refractivity contribution is -0.192. The van der Waals surface area contributed by atoms with Crippen LogP contribution < -0.4 is 10.6 Å². The maximum absolute atomic E-state index is 12.5. The number of hydrogen-bond acceptors (Lipinski definition) is 5. The summed E-state index contributed by atoms with van der Waals surface area (Å²) in [4.78, 5) is 33.5. The lowest BCUT2D eigenvalue weighted by Gasteiger charge is -2.18. The molecule has 1 aliphatic heterocycles. The molecule has 1 amide bonds. The zero-order valence-corrected chi connectivity index (χ0v) is 17.7. The van der Waals surface area contributed by atoms with Crippen molar-refractivity contribution in [2.45, 2.75) is 38.2 Å². The van der Waals surface area contributed by atoms with Gasteiger partial charge in [-0.1, -0.05) is 60.7 Å². The van der Waals surface area contributed by atoms with Crippen LogP contribution in [0.4, 0.5) is 13.2 Å². The van der Waals surface area contributed by atoms with Gasteiger partial charge in [-0.05, 0) is 30.0 Å². The van der Waals surface area contributed by atoms with E-state index < -0.39 is 12.1 Å². The topological polar surface area (TPSA) is 105 Å². The highest BCUT2D eigenvalue weighted by Crippen LogP contribution is 2.21. The summed E-state index contributed by atoms with van der Waals surface area (Å²) in [5, 5.41) is 13.3. The van der Waals surface area contributed by atoms with Gasteiger partial charge in [0.2, 0.25) is 5.91 Å². The zero-order chi connectivity index (χ0) is 24.3. The van der Waals surface area contributed by atoms with Gasteiger partial charge in [0.05, 0.1) is 12.5 Å². The van der Waals surface area contributed by atoms with E-state index in [0.717, 1.165) is 24.1 Å². The average molecular weight is 466 g/mol. The van der Waals surface area contributed by atoms with Gasteiger partial charge in [0.15, 0.2) is 0 Å². The molecule has 10 heteroatoms. The lowest BCUT2D eigenvalue weighted by atomic mass is 9.96. The molecule has 0 bridgehead atoms. The number of carbonyl (C=O) groups excluding carboxylic acids is 2. The van der Waals surface area contributed by atoms with Crippen molar-refractivity contribution in [3.05, 3.63) is 71.8 Å². The SMILES string of the molecule is O=C(C[C@H]1CCN[C@H]1C(=O)NCc1ccccc1)OCc1ccccc1.O=C(O)C(F)(F)F. The number of alkyl halides is 3. The van der Waals surface area contributed by atoms with Crippen LogP contribution in [0.3, 0.4) is 0 Å². The molecule has 2 atom stereocenters. The molecule has 1 aliphatic rings.